The minimum Gasteiger partial charge on any atom is -0.451 e. The lowest BCUT2D eigenvalue weighted by atomic mass is 9.83. The van der Waals surface area contributed by atoms with Gasteiger partial charge in [-0.15, -0.1) is 0 Å². The van der Waals surface area contributed by atoms with Crippen LogP contribution in [0.1, 0.15) is 49.6 Å². The Morgan fingerprint density at radius 1 is 1.33 bits per heavy atom. The molecule has 1 saturated carbocycles. The molecular weight excluding hydrogens is 264 g/mol. The van der Waals surface area contributed by atoms with Gasteiger partial charge in [-0.25, -0.2) is 0 Å². The summed E-state index contributed by atoms with van der Waals surface area (Å²) in [5.41, 5.74) is 7.13. The average Bonchev–Trinajstić information content (AvgIpc) is 2.91. The first kappa shape index (κ1) is 14.0. The van der Waals surface area contributed by atoms with Gasteiger partial charge in [0.15, 0.2) is 5.76 Å². The highest BCUT2D eigenvalue weighted by Crippen LogP contribution is 2.27. The predicted molar refractivity (Wildman–Crippen MR) is 84.1 cm³/mol. The second-order valence-corrected chi connectivity index (χ2v) is 5.94. The van der Waals surface area contributed by atoms with Crippen LogP contribution in [0, 0.1) is 5.92 Å². The summed E-state index contributed by atoms with van der Waals surface area (Å²) in [7, 11) is 0. The fraction of sp³-hybridized carbons (Fsp3) is 0.471. The molecule has 3 rings (SSSR count). The van der Waals surface area contributed by atoms with Gasteiger partial charge in [0.1, 0.15) is 5.58 Å². The number of nitrogens with one attached hydrogen (secondary N) is 1. The van der Waals surface area contributed by atoms with Crippen LogP contribution in [0.15, 0.2) is 28.7 Å². The van der Waals surface area contributed by atoms with Crippen molar-refractivity contribution in [3.63, 3.8) is 0 Å². The molecule has 1 fully saturated rings. The molecule has 1 aromatic heterocycles. The van der Waals surface area contributed by atoms with Gasteiger partial charge in [-0.2, -0.15) is 0 Å². The van der Waals surface area contributed by atoms with Crippen LogP contribution in [0.5, 0.6) is 0 Å². The van der Waals surface area contributed by atoms with Gasteiger partial charge >= 0.3 is 0 Å². The molecule has 2 unspecified atom stereocenters. The van der Waals surface area contributed by atoms with Gasteiger partial charge < -0.3 is 15.5 Å². The van der Waals surface area contributed by atoms with Crippen molar-refractivity contribution < 1.29 is 9.21 Å². The molecule has 1 heterocycles. The van der Waals surface area contributed by atoms with E-state index in [-0.39, 0.29) is 11.9 Å². The molecule has 0 aliphatic heterocycles. The smallest absolute Gasteiger partial charge is 0.287 e. The first-order valence-electron chi connectivity index (χ1n) is 7.77. The van der Waals surface area contributed by atoms with Crippen LogP contribution in [0.2, 0.25) is 0 Å². The van der Waals surface area contributed by atoms with Gasteiger partial charge in [-0.1, -0.05) is 26.2 Å². The van der Waals surface area contributed by atoms with Crippen molar-refractivity contribution in [3.8, 4) is 0 Å². The molecule has 112 valence electrons. The van der Waals surface area contributed by atoms with Crippen LogP contribution in [0.3, 0.4) is 0 Å². The number of anilines is 1. The van der Waals surface area contributed by atoms with Crippen molar-refractivity contribution in [2.45, 2.75) is 45.1 Å². The highest BCUT2D eigenvalue weighted by molar-refractivity contribution is 5.96. The van der Waals surface area contributed by atoms with Gasteiger partial charge in [0.05, 0.1) is 0 Å². The van der Waals surface area contributed by atoms with Crippen molar-refractivity contribution in [1.29, 1.82) is 0 Å². The van der Waals surface area contributed by atoms with Crippen LogP contribution < -0.4 is 11.1 Å². The third-order valence-electron chi connectivity index (χ3n) is 4.51. The highest BCUT2D eigenvalue weighted by atomic mass is 16.3. The standard InChI is InChI=1S/C17H22N2O2/c1-2-11-5-3-4-6-14(11)19-17(20)16-10-12-9-13(18)7-8-15(12)21-16/h7-11,14H,2-6,18H2,1H3,(H,19,20). The summed E-state index contributed by atoms with van der Waals surface area (Å²) in [5.74, 6) is 0.842. The van der Waals surface area contributed by atoms with Gasteiger partial charge in [0.25, 0.3) is 5.91 Å². The monoisotopic (exact) mass is 286 g/mol. The topological polar surface area (TPSA) is 68.3 Å². The van der Waals surface area contributed by atoms with E-state index < -0.39 is 0 Å². The molecule has 0 spiro atoms. The Hall–Kier alpha value is -1.97. The molecular formula is C17H22N2O2. The molecule has 1 aliphatic rings. The lowest BCUT2D eigenvalue weighted by Crippen LogP contribution is -2.41. The van der Waals surface area contributed by atoms with Crippen molar-refractivity contribution in [1.82, 2.24) is 5.32 Å². The number of carbonyl (C=O) groups is 1. The summed E-state index contributed by atoms with van der Waals surface area (Å²) in [5, 5.41) is 4.02. The summed E-state index contributed by atoms with van der Waals surface area (Å²) in [6.45, 7) is 2.19. The maximum absolute atomic E-state index is 12.4. The summed E-state index contributed by atoms with van der Waals surface area (Å²) < 4.78 is 5.63. The molecule has 1 amide bonds. The minimum atomic E-state index is -0.116. The van der Waals surface area contributed by atoms with E-state index in [1.165, 1.54) is 19.3 Å². The maximum Gasteiger partial charge on any atom is 0.287 e. The molecule has 4 heteroatoms. The van der Waals surface area contributed by atoms with Crippen molar-refractivity contribution in [3.05, 3.63) is 30.0 Å². The fourth-order valence-electron chi connectivity index (χ4n) is 3.30. The van der Waals surface area contributed by atoms with E-state index in [1.54, 1.807) is 18.2 Å². The number of fused-ring (bicyclic) bond motifs is 1. The molecule has 0 bridgehead atoms. The highest BCUT2D eigenvalue weighted by Gasteiger charge is 2.26. The third-order valence-corrected chi connectivity index (χ3v) is 4.51. The lowest BCUT2D eigenvalue weighted by molar-refractivity contribution is 0.0878. The quantitative estimate of drug-likeness (QED) is 0.845. The normalized spacial score (nSPS) is 22.3. The average molecular weight is 286 g/mol. The number of rotatable bonds is 3. The fourth-order valence-corrected chi connectivity index (χ4v) is 3.30. The SMILES string of the molecule is CCC1CCCCC1NC(=O)c1cc2cc(N)ccc2o1. The van der Waals surface area contributed by atoms with Crippen LogP contribution in [-0.4, -0.2) is 11.9 Å². The second-order valence-electron chi connectivity index (χ2n) is 5.94. The van der Waals surface area contributed by atoms with Gasteiger partial charge in [-0.3, -0.25) is 4.79 Å². The molecule has 4 nitrogen and oxygen atoms in total. The van der Waals surface area contributed by atoms with Gasteiger partial charge in [0.2, 0.25) is 0 Å². The van der Waals surface area contributed by atoms with E-state index in [2.05, 4.69) is 12.2 Å². The summed E-state index contributed by atoms with van der Waals surface area (Å²) >= 11 is 0. The Balaban J connectivity index is 1.77. The molecule has 1 aliphatic carbocycles. The Morgan fingerprint density at radius 2 is 2.14 bits per heavy atom. The zero-order valence-corrected chi connectivity index (χ0v) is 12.4. The van der Waals surface area contributed by atoms with E-state index in [1.807, 2.05) is 6.07 Å². The van der Waals surface area contributed by atoms with E-state index >= 15 is 0 Å². The van der Waals surface area contributed by atoms with E-state index in [4.69, 9.17) is 10.2 Å². The number of hydrogen-bond acceptors (Lipinski definition) is 3. The first-order chi connectivity index (χ1) is 10.2. The molecule has 2 atom stereocenters. The Morgan fingerprint density at radius 3 is 2.95 bits per heavy atom. The van der Waals surface area contributed by atoms with E-state index in [0.29, 0.717) is 22.9 Å². The number of amides is 1. The number of carbonyl (C=O) groups excluding carboxylic acids is 1. The molecule has 0 radical (unpaired) electrons. The van der Waals surface area contributed by atoms with E-state index in [0.717, 1.165) is 18.2 Å². The third kappa shape index (κ3) is 2.89. The molecule has 0 saturated heterocycles. The Bertz CT molecular complexity index is 647. The maximum atomic E-state index is 12.4. The van der Waals surface area contributed by atoms with E-state index in [9.17, 15) is 4.79 Å². The lowest BCUT2D eigenvalue weighted by Gasteiger charge is -2.31. The predicted octanol–water partition coefficient (Wildman–Crippen LogP) is 3.71. The van der Waals surface area contributed by atoms with Crippen molar-refractivity contribution >= 4 is 22.6 Å². The molecule has 3 N–H and O–H groups in total. The Kier molecular flexibility index (Phi) is 3.86. The van der Waals surface area contributed by atoms with Gasteiger partial charge in [-0.05, 0) is 43.0 Å². The van der Waals surface area contributed by atoms with Gasteiger partial charge in [0, 0.05) is 17.1 Å². The zero-order chi connectivity index (χ0) is 14.8. The molecule has 2 aromatic rings. The largest absolute Gasteiger partial charge is 0.451 e. The number of furan rings is 1. The summed E-state index contributed by atoms with van der Waals surface area (Å²) in [4.78, 5) is 12.4. The molecule has 21 heavy (non-hydrogen) atoms. The van der Waals surface area contributed by atoms with Crippen LogP contribution in [0.25, 0.3) is 11.0 Å². The zero-order valence-electron chi connectivity index (χ0n) is 12.4. The number of nitrogen functional groups attached to an aromatic ring is 1. The second kappa shape index (κ2) is 5.80. The minimum absolute atomic E-state index is 0.116. The van der Waals surface area contributed by atoms with Crippen molar-refractivity contribution in [2.24, 2.45) is 5.92 Å². The van der Waals surface area contributed by atoms with Crippen LogP contribution in [-0.2, 0) is 0 Å². The first-order valence-corrected chi connectivity index (χ1v) is 7.77. The van der Waals surface area contributed by atoms with Crippen LogP contribution >= 0.6 is 0 Å². The number of nitrogens with two attached hydrogens (primary N) is 1. The summed E-state index contributed by atoms with van der Waals surface area (Å²) in [6, 6.07) is 7.45. The Labute approximate surface area is 124 Å². The summed E-state index contributed by atoms with van der Waals surface area (Å²) in [6.07, 6.45) is 5.85. The van der Waals surface area contributed by atoms with Crippen LogP contribution in [0.4, 0.5) is 5.69 Å². The number of hydrogen-bond donors (Lipinski definition) is 2. The molecule has 1 aromatic carbocycles. The number of benzene rings is 1. The van der Waals surface area contributed by atoms with Crippen molar-refractivity contribution in [2.75, 3.05) is 5.73 Å².